The third-order valence-corrected chi connectivity index (χ3v) is 4.27. The highest BCUT2D eigenvalue weighted by atomic mass is 35.5. The third kappa shape index (κ3) is 2.05. The molecule has 0 atom stereocenters. The number of halogens is 1. The average Bonchev–Trinajstić information content (AvgIpc) is 3.18. The van der Waals surface area contributed by atoms with Crippen molar-refractivity contribution in [1.29, 1.82) is 0 Å². The van der Waals surface area contributed by atoms with Crippen LogP contribution in [0.1, 0.15) is 23.2 Å². The number of rotatable bonds is 3. The molecule has 0 bridgehead atoms. The van der Waals surface area contributed by atoms with Gasteiger partial charge in [-0.25, -0.2) is 0 Å². The van der Waals surface area contributed by atoms with Crippen LogP contribution >= 0.6 is 11.6 Å². The number of amides is 1. The summed E-state index contributed by atoms with van der Waals surface area (Å²) in [5.74, 6) is -0.236. The molecule has 1 saturated heterocycles. The monoisotopic (exact) mass is 296 g/mol. The van der Waals surface area contributed by atoms with Crippen LogP contribution < -0.4 is 0 Å². The molecule has 3 rings (SSSR count). The van der Waals surface area contributed by atoms with Gasteiger partial charge in [-0.1, -0.05) is 17.7 Å². The maximum Gasteiger partial charge on any atom is 0.283 e. The van der Waals surface area contributed by atoms with Crippen LogP contribution in [0.5, 0.6) is 0 Å². The van der Waals surface area contributed by atoms with Gasteiger partial charge in [0.2, 0.25) is 0 Å². The van der Waals surface area contributed by atoms with Gasteiger partial charge in [-0.3, -0.25) is 14.9 Å². The first-order valence-corrected chi connectivity index (χ1v) is 6.75. The molecular weight excluding hydrogens is 284 g/mol. The lowest BCUT2D eigenvalue weighted by Crippen LogP contribution is -2.64. The summed E-state index contributed by atoms with van der Waals surface area (Å²) in [4.78, 5) is 24.1. The van der Waals surface area contributed by atoms with E-state index < -0.39 is 16.4 Å². The lowest BCUT2D eigenvalue weighted by atomic mass is 9.88. The van der Waals surface area contributed by atoms with Crippen molar-refractivity contribution in [2.45, 2.75) is 18.4 Å². The first-order chi connectivity index (χ1) is 9.42. The van der Waals surface area contributed by atoms with E-state index >= 15 is 0 Å². The molecule has 0 radical (unpaired) electrons. The van der Waals surface area contributed by atoms with Gasteiger partial charge >= 0.3 is 0 Å². The first kappa shape index (κ1) is 13.3. The van der Waals surface area contributed by atoms with Crippen molar-refractivity contribution in [1.82, 2.24) is 4.90 Å². The Morgan fingerprint density at radius 2 is 2.10 bits per heavy atom. The zero-order valence-electron chi connectivity index (χ0n) is 10.6. The molecule has 20 heavy (non-hydrogen) atoms. The van der Waals surface area contributed by atoms with Crippen molar-refractivity contribution in [3.8, 4) is 0 Å². The Bertz CT molecular complexity index is 594. The molecule has 2 fully saturated rings. The van der Waals surface area contributed by atoms with E-state index in [4.69, 9.17) is 11.6 Å². The maximum absolute atomic E-state index is 12.3. The number of nitro groups is 1. The van der Waals surface area contributed by atoms with Crippen LogP contribution in [0, 0.1) is 16.0 Å². The van der Waals surface area contributed by atoms with E-state index in [-0.39, 0.29) is 35.3 Å². The quantitative estimate of drug-likeness (QED) is 0.681. The number of nitro benzene ring substituents is 1. The highest BCUT2D eigenvalue weighted by Crippen LogP contribution is 2.45. The van der Waals surface area contributed by atoms with E-state index in [0.717, 1.165) is 12.8 Å². The number of carbonyl (C=O) groups is 1. The fourth-order valence-electron chi connectivity index (χ4n) is 2.67. The number of carbonyl (C=O) groups excluding carboxylic acids is 1. The van der Waals surface area contributed by atoms with Gasteiger partial charge in [-0.05, 0) is 24.8 Å². The number of β-amino-alcohol motifs (C(OH)–C–C–N with tert-alkyl or cyclic N) is 1. The molecule has 6 nitrogen and oxygen atoms in total. The van der Waals surface area contributed by atoms with Crippen molar-refractivity contribution in [3.05, 3.63) is 38.9 Å². The summed E-state index contributed by atoms with van der Waals surface area (Å²) in [6.07, 6.45) is 1.95. The van der Waals surface area contributed by atoms with Crippen molar-refractivity contribution in [2.75, 3.05) is 13.1 Å². The topological polar surface area (TPSA) is 83.7 Å². The van der Waals surface area contributed by atoms with Crippen LogP contribution in [-0.4, -0.2) is 39.5 Å². The average molecular weight is 297 g/mol. The number of nitrogens with zero attached hydrogens (tertiary/aromatic N) is 2. The largest absolute Gasteiger partial charge is 0.386 e. The summed E-state index contributed by atoms with van der Waals surface area (Å²) in [6, 6.07) is 4.15. The Morgan fingerprint density at radius 3 is 2.65 bits per heavy atom. The minimum Gasteiger partial charge on any atom is -0.386 e. The standard InChI is InChI=1S/C13H13ClN2O4/c14-9-2-1-3-10(16(19)20)11(9)12(17)15-6-13(18,7-15)8-4-5-8/h1-3,8,18H,4-7H2. The molecule has 2 aliphatic rings. The molecule has 1 aliphatic carbocycles. The number of aliphatic hydroxyl groups is 1. The van der Waals surface area contributed by atoms with Gasteiger partial charge in [-0.15, -0.1) is 0 Å². The molecule has 7 heteroatoms. The highest BCUT2D eigenvalue weighted by Gasteiger charge is 2.53. The predicted octanol–water partition coefficient (Wildman–Crippen LogP) is 1.85. The molecular formula is C13H13ClN2O4. The summed E-state index contributed by atoms with van der Waals surface area (Å²) in [6.45, 7) is 0.442. The minimum atomic E-state index is -0.814. The van der Waals surface area contributed by atoms with Gasteiger partial charge in [0, 0.05) is 6.07 Å². The normalized spacial score (nSPS) is 20.4. The summed E-state index contributed by atoms with van der Waals surface area (Å²) in [5.41, 5.74) is -1.22. The van der Waals surface area contributed by atoms with Gasteiger partial charge in [0.05, 0.1) is 23.0 Å². The van der Waals surface area contributed by atoms with Crippen LogP contribution in [0.3, 0.4) is 0 Å². The van der Waals surface area contributed by atoms with Crippen molar-refractivity contribution in [3.63, 3.8) is 0 Å². The molecule has 1 heterocycles. The van der Waals surface area contributed by atoms with E-state index in [1.807, 2.05) is 0 Å². The van der Waals surface area contributed by atoms with Crippen molar-refractivity contribution >= 4 is 23.2 Å². The van der Waals surface area contributed by atoms with E-state index in [1.165, 1.54) is 23.1 Å². The van der Waals surface area contributed by atoms with Crippen LogP contribution in [0.15, 0.2) is 18.2 Å². The van der Waals surface area contributed by atoms with Crippen LogP contribution in [0.2, 0.25) is 5.02 Å². The molecule has 0 aromatic heterocycles. The van der Waals surface area contributed by atoms with Gasteiger partial charge in [0.15, 0.2) is 0 Å². The van der Waals surface area contributed by atoms with Crippen molar-refractivity contribution in [2.24, 2.45) is 5.92 Å². The zero-order valence-corrected chi connectivity index (χ0v) is 11.3. The zero-order chi connectivity index (χ0) is 14.5. The number of hydrogen-bond acceptors (Lipinski definition) is 4. The summed E-state index contributed by atoms with van der Waals surface area (Å²) < 4.78 is 0. The van der Waals surface area contributed by atoms with Crippen LogP contribution in [0.25, 0.3) is 0 Å². The number of likely N-dealkylation sites (tertiary alicyclic amines) is 1. The van der Waals surface area contributed by atoms with E-state index in [1.54, 1.807) is 0 Å². The molecule has 106 valence electrons. The van der Waals surface area contributed by atoms with Gasteiger partial charge in [-0.2, -0.15) is 0 Å². The van der Waals surface area contributed by atoms with Crippen molar-refractivity contribution < 1.29 is 14.8 Å². The third-order valence-electron chi connectivity index (χ3n) is 3.96. The van der Waals surface area contributed by atoms with E-state index in [2.05, 4.69) is 0 Å². The first-order valence-electron chi connectivity index (χ1n) is 6.37. The lowest BCUT2D eigenvalue weighted by molar-refractivity contribution is -0.385. The van der Waals surface area contributed by atoms with Crippen LogP contribution in [0.4, 0.5) is 5.69 Å². The molecule has 1 aromatic rings. The van der Waals surface area contributed by atoms with E-state index in [9.17, 15) is 20.0 Å². The Labute approximate surface area is 120 Å². The summed E-state index contributed by atoms with van der Waals surface area (Å²) in [5, 5.41) is 21.2. The molecule has 1 saturated carbocycles. The summed E-state index contributed by atoms with van der Waals surface area (Å²) in [7, 11) is 0. The Hall–Kier alpha value is -1.66. The fourth-order valence-corrected chi connectivity index (χ4v) is 2.92. The second kappa shape index (κ2) is 4.43. The van der Waals surface area contributed by atoms with Crippen LogP contribution in [-0.2, 0) is 0 Å². The second-order valence-corrected chi connectivity index (χ2v) is 5.84. The smallest absolute Gasteiger partial charge is 0.283 e. The van der Waals surface area contributed by atoms with E-state index in [0.29, 0.717) is 0 Å². The SMILES string of the molecule is O=C(c1c(Cl)cccc1[N+](=O)[O-])N1CC(O)(C2CC2)C1. The number of benzene rings is 1. The molecule has 1 amide bonds. The van der Waals surface area contributed by atoms with Gasteiger partial charge in [0.25, 0.3) is 11.6 Å². The molecule has 0 unspecified atom stereocenters. The molecule has 1 aliphatic heterocycles. The Morgan fingerprint density at radius 1 is 1.45 bits per heavy atom. The maximum atomic E-state index is 12.3. The molecule has 0 spiro atoms. The fraction of sp³-hybridized carbons (Fsp3) is 0.462. The predicted molar refractivity (Wildman–Crippen MR) is 71.7 cm³/mol. The molecule has 1 N–H and O–H groups in total. The Balaban J connectivity index is 1.83. The minimum absolute atomic E-state index is 0.0612. The highest BCUT2D eigenvalue weighted by molar-refractivity contribution is 6.34. The second-order valence-electron chi connectivity index (χ2n) is 5.43. The lowest BCUT2D eigenvalue weighted by Gasteiger charge is -2.46. The summed E-state index contributed by atoms with van der Waals surface area (Å²) >= 11 is 5.92. The van der Waals surface area contributed by atoms with Gasteiger partial charge < -0.3 is 10.0 Å². The Kier molecular flexibility index (Phi) is 2.95. The van der Waals surface area contributed by atoms with Gasteiger partial charge in [0.1, 0.15) is 11.2 Å². The molecule has 1 aromatic carbocycles. The number of hydrogen-bond donors (Lipinski definition) is 1.